The SMILES string of the molecule is CC1CN(c2cccc(Cl)c2)C(=O)CN1C(=O)C1(C(N)=O)CC1. The Kier molecular flexibility index (Phi) is 3.80. The number of primary amides is 1. The van der Waals surface area contributed by atoms with Crippen LogP contribution in [0.3, 0.4) is 0 Å². The highest BCUT2D eigenvalue weighted by molar-refractivity contribution is 6.31. The zero-order valence-corrected chi connectivity index (χ0v) is 13.5. The molecule has 2 aliphatic rings. The van der Waals surface area contributed by atoms with Crippen LogP contribution in [0.5, 0.6) is 0 Å². The number of piperazine rings is 1. The van der Waals surface area contributed by atoms with E-state index in [1.165, 1.54) is 4.90 Å². The van der Waals surface area contributed by atoms with E-state index in [9.17, 15) is 14.4 Å². The highest BCUT2D eigenvalue weighted by atomic mass is 35.5. The monoisotopic (exact) mass is 335 g/mol. The summed E-state index contributed by atoms with van der Waals surface area (Å²) in [7, 11) is 0. The highest BCUT2D eigenvalue weighted by Crippen LogP contribution is 2.47. The van der Waals surface area contributed by atoms with Gasteiger partial charge in [-0.3, -0.25) is 14.4 Å². The average Bonchev–Trinajstić information content (AvgIpc) is 3.30. The van der Waals surface area contributed by atoms with E-state index in [0.29, 0.717) is 30.1 Å². The molecule has 1 saturated heterocycles. The molecule has 1 heterocycles. The maximum absolute atomic E-state index is 12.6. The summed E-state index contributed by atoms with van der Waals surface area (Å²) in [5, 5.41) is 0.548. The van der Waals surface area contributed by atoms with Gasteiger partial charge in [0.15, 0.2) is 0 Å². The molecule has 0 bridgehead atoms. The van der Waals surface area contributed by atoms with Crippen LogP contribution in [0.25, 0.3) is 0 Å². The first kappa shape index (κ1) is 15.8. The van der Waals surface area contributed by atoms with Crippen LogP contribution in [0, 0.1) is 5.41 Å². The van der Waals surface area contributed by atoms with Gasteiger partial charge in [0.2, 0.25) is 17.7 Å². The molecular formula is C16H18ClN3O3. The molecule has 3 amide bonds. The van der Waals surface area contributed by atoms with Crippen molar-refractivity contribution in [3.8, 4) is 0 Å². The molecule has 122 valence electrons. The lowest BCUT2D eigenvalue weighted by Crippen LogP contribution is -2.59. The second-order valence-corrected chi connectivity index (χ2v) is 6.65. The fourth-order valence-electron chi connectivity index (χ4n) is 2.98. The summed E-state index contributed by atoms with van der Waals surface area (Å²) in [6, 6.07) is 6.84. The van der Waals surface area contributed by atoms with Gasteiger partial charge >= 0.3 is 0 Å². The molecule has 1 aromatic carbocycles. The third-order valence-corrected chi connectivity index (χ3v) is 4.83. The van der Waals surface area contributed by atoms with Gasteiger partial charge in [-0.25, -0.2) is 0 Å². The molecule has 1 saturated carbocycles. The molecule has 7 heteroatoms. The zero-order valence-electron chi connectivity index (χ0n) is 12.8. The number of hydrogen-bond donors (Lipinski definition) is 1. The van der Waals surface area contributed by atoms with Gasteiger partial charge in [0.1, 0.15) is 12.0 Å². The van der Waals surface area contributed by atoms with Crippen LogP contribution in [0.4, 0.5) is 5.69 Å². The minimum Gasteiger partial charge on any atom is -0.369 e. The van der Waals surface area contributed by atoms with Crippen molar-refractivity contribution in [2.75, 3.05) is 18.0 Å². The lowest BCUT2D eigenvalue weighted by atomic mass is 10.0. The summed E-state index contributed by atoms with van der Waals surface area (Å²) in [6.07, 6.45) is 0.938. The molecule has 0 radical (unpaired) electrons. The summed E-state index contributed by atoms with van der Waals surface area (Å²) in [6.45, 7) is 2.17. The number of benzene rings is 1. The Hall–Kier alpha value is -2.08. The molecule has 0 aromatic heterocycles. The van der Waals surface area contributed by atoms with E-state index in [-0.39, 0.29) is 24.4 Å². The Labute approximate surface area is 139 Å². The van der Waals surface area contributed by atoms with Crippen molar-refractivity contribution in [1.29, 1.82) is 0 Å². The van der Waals surface area contributed by atoms with E-state index in [0.717, 1.165) is 0 Å². The van der Waals surface area contributed by atoms with Gasteiger partial charge in [0.25, 0.3) is 0 Å². The molecule has 1 aromatic rings. The van der Waals surface area contributed by atoms with E-state index in [2.05, 4.69) is 0 Å². The van der Waals surface area contributed by atoms with E-state index < -0.39 is 11.3 Å². The summed E-state index contributed by atoms with van der Waals surface area (Å²) >= 11 is 5.98. The predicted octanol–water partition coefficient (Wildman–Crippen LogP) is 1.17. The number of nitrogens with two attached hydrogens (primary N) is 1. The van der Waals surface area contributed by atoms with Crippen LogP contribution in [0.1, 0.15) is 19.8 Å². The lowest BCUT2D eigenvalue weighted by Gasteiger charge is -2.40. The van der Waals surface area contributed by atoms with Gasteiger partial charge in [-0.05, 0) is 38.0 Å². The Morgan fingerprint density at radius 2 is 2.04 bits per heavy atom. The summed E-state index contributed by atoms with van der Waals surface area (Å²) in [4.78, 5) is 39.7. The van der Waals surface area contributed by atoms with Gasteiger partial charge in [0.05, 0.1) is 0 Å². The van der Waals surface area contributed by atoms with E-state index >= 15 is 0 Å². The number of rotatable bonds is 3. The first-order chi connectivity index (χ1) is 10.8. The first-order valence-electron chi connectivity index (χ1n) is 7.52. The molecule has 1 atom stereocenters. The first-order valence-corrected chi connectivity index (χ1v) is 7.90. The number of carbonyl (C=O) groups is 3. The van der Waals surface area contributed by atoms with Crippen LogP contribution in [0.15, 0.2) is 24.3 Å². The van der Waals surface area contributed by atoms with Crippen molar-refractivity contribution >= 4 is 35.0 Å². The fraction of sp³-hybridized carbons (Fsp3) is 0.438. The summed E-state index contributed by atoms with van der Waals surface area (Å²) in [5.41, 5.74) is 4.97. The normalized spacial score (nSPS) is 22.9. The smallest absolute Gasteiger partial charge is 0.246 e. The maximum atomic E-state index is 12.6. The molecule has 23 heavy (non-hydrogen) atoms. The van der Waals surface area contributed by atoms with Gasteiger partial charge in [0, 0.05) is 23.3 Å². The van der Waals surface area contributed by atoms with E-state index in [1.54, 1.807) is 29.2 Å². The molecular weight excluding hydrogens is 318 g/mol. The number of anilines is 1. The van der Waals surface area contributed by atoms with Crippen molar-refractivity contribution in [2.45, 2.75) is 25.8 Å². The number of nitrogens with zero attached hydrogens (tertiary/aromatic N) is 2. The van der Waals surface area contributed by atoms with Crippen LogP contribution in [-0.4, -0.2) is 41.8 Å². The third-order valence-electron chi connectivity index (χ3n) is 4.60. The van der Waals surface area contributed by atoms with E-state index in [1.807, 2.05) is 6.92 Å². The van der Waals surface area contributed by atoms with Gasteiger partial charge < -0.3 is 15.5 Å². The number of amides is 3. The highest BCUT2D eigenvalue weighted by Gasteiger charge is 2.58. The Bertz CT molecular complexity index is 687. The van der Waals surface area contributed by atoms with Crippen molar-refractivity contribution in [2.24, 2.45) is 11.1 Å². The molecule has 6 nitrogen and oxygen atoms in total. The molecule has 3 rings (SSSR count). The standard InChI is InChI=1S/C16H18ClN3O3/c1-10-8-20(12-4-2-3-11(17)7-12)13(21)9-19(10)15(23)16(5-6-16)14(18)22/h2-4,7,10H,5-6,8-9H2,1H3,(H2,18,22). The number of carbonyl (C=O) groups excluding carboxylic acids is 3. The predicted molar refractivity (Wildman–Crippen MR) is 85.8 cm³/mol. The average molecular weight is 336 g/mol. The molecule has 2 N–H and O–H groups in total. The van der Waals surface area contributed by atoms with Gasteiger partial charge in [-0.1, -0.05) is 17.7 Å². The van der Waals surface area contributed by atoms with Crippen molar-refractivity contribution < 1.29 is 14.4 Å². The molecule has 1 unspecified atom stereocenters. The Morgan fingerprint density at radius 1 is 1.35 bits per heavy atom. The Morgan fingerprint density at radius 3 is 2.61 bits per heavy atom. The molecule has 1 aliphatic heterocycles. The quantitative estimate of drug-likeness (QED) is 0.841. The second-order valence-electron chi connectivity index (χ2n) is 6.21. The summed E-state index contributed by atoms with van der Waals surface area (Å²) in [5.74, 6) is -1.12. The van der Waals surface area contributed by atoms with Crippen molar-refractivity contribution in [3.05, 3.63) is 29.3 Å². The topological polar surface area (TPSA) is 83.7 Å². The van der Waals surface area contributed by atoms with Crippen LogP contribution in [0.2, 0.25) is 5.02 Å². The molecule has 1 aliphatic carbocycles. The van der Waals surface area contributed by atoms with Crippen LogP contribution < -0.4 is 10.6 Å². The minimum atomic E-state index is -1.09. The number of halogens is 1. The van der Waals surface area contributed by atoms with Crippen molar-refractivity contribution in [1.82, 2.24) is 4.90 Å². The van der Waals surface area contributed by atoms with Crippen LogP contribution >= 0.6 is 11.6 Å². The second kappa shape index (κ2) is 5.53. The maximum Gasteiger partial charge on any atom is 0.246 e. The molecule has 0 spiro atoms. The summed E-state index contributed by atoms with van der Waals surface area (Å²) < 4.78 is 0. The lowest BCUT2D eigenvalue weighted by molar-refractivity contribution is -0.148. The largest absolute Gasteiger partial charge is 0.369 e. The number of hydrogen-bond acceptors (Lipinski definition) is 3. The fourth-order valence-corrected chi connectivity index (χ4v) is 3.17. The third kappa shape index (κ3) is 2.67. The van der Waals surface area contributed by atoms with Crippen LogP contribution in [-0.2, 0) is 14.4 Å². The Balaban J connectivity index is 1.79. The molecule has 2 fully saturated rings. The minimum absolute atomic E-state index is 0.0540. The zero-order chi connectivity index (χ0) is 16.8. The van der Waals surface area contributed by atoms with Gasteiger partial charge in [-0.2, -0.15) is 0 Å². The van der Waals surface area contributed by atoms with Gasteiger partial charge in [-0.15, -0.1) is 0 Å². The van der Waals surface area contributed by atoms with E-state index in [4.69, 9.17) is 17.3 Å². The van der Waals surface area contributed by atoms with Crippen molar-refractivity contribution in [3.63, 3.8) is 0 Å².